The van der Waals surface area contributed by atoms with Crippen LogP contribution in [0.25, 0.3) is 5.57 Å². The number of allylic oxidation sites excluding steroid dienone is 7. The molecular weight excluding hydrogens is 320 g/mol. The van der Waals surface area contributed by atoms with E-state index in [1.54, 1.807) is 18.5 Å². The highest BCUT2D eigenvalue weighted by molar-refractivity contribution is 5.73. The van der Waals surface area contributed by atoms with Crippen molar-refractivity contribution in [3.63, 3.8) is 0 Å². The lowest BCUT2D eigenvalue weighted by Crippen LogP contribution is -1.93. The van der Waals surface area contributed by atoms with Crippen LogP contribution < -0.4 is 10.1 Å². The largest absolute Gasteiger partial charge is 0.457 e. The normalized spacial score (nSPS) is 12.5. The zero-order valence-corrected chi connectivity index (χ0v) is 15.2. The monoisotopic (exact) mass is 344 g/mol. The number of rotatable bonds is 8. The summed E-state index contributed by atoms with van der Waals surface area (Å²) >= 11 is 0. The van der Waals surface area contributed by atoms with Crippen molar-refractivity contribution in [2.75, 3.05) is 5.32 Å². The van der Waals surface area contributed by atoms with E-state index in [0.717, 1.165) is 28.3 Å². The summed E-state index contributed by atoms with van der Waals surface area (Å²) in [7, 11) is 0. The zero-order valence-electron chi connectivity index (χ0n) is 15.2. The van der Waals surface area contributed by atoms with Crippen LogP contribution in [0.1, 0.15) is 19.4 Å². The van der Waals surface area contributed by atoms with Gasteiger partial charge in [0.2, 0.25) is 0 Å². The number of pyridine rings is 1. The predicted molar refractivity (Wildman–Crippen MR) is 111 cm³/mol. The molecule has 0 amide bonds. The van der Waals surface area contributed by atoms with Crippen LogP contribution in [0.3, 0.4) is 0 Å². The summed E-state index contributed by atoms with van der Waals surface area (Å²) in [6.07, 6.45) is 17.0. The van der Waals surface area contributed by atoms with E-state index < -0.39 is 0 Å². The summed E-state index contributed by atoms with van der Waals surface area (Å²) in [5.74, 6) is 1.52. The molecule has 1 aromatic heterocycles. The van der Waals surface area contributed by atoms with E-state index in [1.807, 2.05) is 80.7 Å². The van der Waals surface area contributed by atoms with Crippen molar-refractivity contribution in [2.24, 2.45) is 0 Å². The Morgan fingerprint density at radius 1 is 1.04 bits per heavy atom. The minimum Gasteiger partial charge on any atom is -0.457 e. The van der Waals surface area contributed by atoms with Gasteiger partial charge in [0.15, 0.2) is 0 Å². The van der Waals surface area contributed by atoms with Crippen molar-refractivity contribution >= 4 is 11.3 Å². The van der Waals surface area contributed by atoms with Crippen molar-refractivity contribution in [3.8, 4) is 5.75 Å². The van der Waals surface area contributed by atoms with Crippen LogP contribution in [-0.4, -0.2) is 4.98 Å². The molecule has 2 rings (SSSR count). The van der Waals surface area contributed by atoms with Gasteiger partial charge in [-0.05, 0) is 79.6 Å². The van der Waals surface area contributed by atoms with Crippen molar-refractivity contribution < 1.29 is 4.74 Å². The molecule has 0 saturated heterocycles. The Hall–Kier alpha value is -3.33. The van der Waals surface area contributed by atoms with Gasteiger partial charge in [-0.25, -0.2) is 0 Å². The Morgan fingerprint density at radius 3 is 2.38 bits per heavy atom. The van der Waals surface area contributed by atoms with E-state index in [4.69, 9.17) is 4.74 Å². The minimum absolute atomic E-state index is 0.748. The fourth-order valence-corrected chi connectivity index (χ4v) is 2.29. The summed E-state index contributed by atoms with van der Waals surface area (Å²) in [5, 5.41) is 3.27. The molecule has 0 aliphatic carbocycles. The van der Waals surface area contributed by atoms with E-state index in [-0.39, 0.29) is 0 Å². The highest BCUT2D eigenvalue weighted by Crippen LogP contribution is 2.19. The van der Waals surface area contributed by atoms with Gasteiger partial charge in [-0.3, -0.25) is 4.98 Å². The van der Waals surface area contributed by atoms with E-state index in [2.05, 4.69) is 23.0 Å². The molecule has 132 valence electrons. The molecule has 0 spiro atoms. The Morgan fingerprint density at radius 2 is 1.77 bits per heavy atom. The summed E-state index contributed by atoms with van der Waals surface area (Å²) in [5.41, 5.74) is 3.25. The molecule has 3 nitrogen and oxygen atoms in total. The topological polar surface area (TPSA) is 34.1 Å². The maximum absolute atomic E-state index is 5.81. The van der Waals surface area contributed by atoms with Gasteiger partial charge in [0.05, 0.1) is 0 Å². The van der Waals surface area contributed by atoms with Gasteiger partial charge in [-0.2, -0.15) is 0 Å². The van der Waals surface area contributed by atoms with Crippen LogP contribution in [0, 0.1) is 0 Å². The Balaban J connectivity index is 1.99. The number of hydrogen-bond donors (Lipinski definition) is 1. The Kier molecular flexibility index (Phi) is 7.69. The number of nitrogens with zero attached hydrogens (tertiary/aromatic N) is 1. The van der Waals surface area contributed by atoms with Crippen molar-refractivity contribution in [2.45, 2.75) is 13.8 Å². The first-order valence-corrected chi connectivity index (χ1v) is 8.50. The van der Waals surface area contributed by atoms with Gasteiger partial charge >= 0.3 is 0 Å². The number of nitrogens with one attached hydrogen (secondary N) is 1. The van der Waals surface area contributed by atoms with E-state index in [0.29, 0.717) is 0 Å². The van der Waals surface area contributed by atoms with Crippen LogP contribution in [0.4, 0.5) is 5.69 Å². The predicted octanol–water partition coefficient (Wildman–Crippen LogP) is 6.14. The standard InChI is InChI=1S/C23H24N2O/c1-4-7-22(8-5-2)26-23-11-9-21(10-12-23)25-18-15-19(6-3)20-13-16-24-17-14-20/h4-18,25H,1H2,2-3H3/b8-5-,18-15-,19-6+,22-7+. The van der Waals surface area contributed by atoms with Crippen molar-refractivity contribution in [1.29, 1.82) is 0 Å². The molecule has 0 aliphatic rings. The number of ether oxygens (including phenoxy) is 1. The lowest BCUT2D eigenvalue weighted by atomic mass is 10.1. The first-order chi connectivity index (χ1) is 12.8. The molecular formula is C23H24N2O. The van der Waals surface area contributed by atoms with Gasteiger partial charge in [0.25, 0.3) is 0 Å². The first kappa shape index (κ1) is 19.0. The molecule has 2 aromatic rings. The molecule has 0 atom stereocenters. The summed E-state index contributed by atoms with van der Waals surface area (Å²) in [6, 6.07) is 11.8. The second-order valence-electron chi connectivity index (χ2n) is 5.39. The quantitative estimate of drug-likeness (QED) is 0.461. The van der Waals surface area contributed by atoms with Gasteiger partial charge in [-0.1, -0.05) is 24.8 Å². The molecule has 1 N–H and O–H groups in total. The fraction of sp³-hybridized carbons (Fsp3) is 0.0870. The lowest BCUT2D eigenvalue weighted by Gasteiger charge is -2.07. The van der Waals surface area contributed by atoms with Crippen LogP contribution >= 0.6 is 0 Å². The van der Waals surface area contributed by atoms with Crippen LogP contribution in [0.15, 0.2) is 104 Å². The highest BCUT2D eigenvalue weighted by Gasteiger charge is 1.98. The smallest absolute Gasteiger partial charge is 0.127 e. The fourth-order valence-electron chi connectivity index (χ4n) is 2.29. The number of anilines is 1. The Labute approximate surface area is 155 Å². The van der Waals surface area contributed by atoms with Gasteiger partial charge in [-0.15, -0.1) is 0 Å². The zero-order chi connectivity index (χ0) is 18.6. The average Bonchev–Trinajstić information content (AvgIpc) is 2.68. The molecule has 0 aliphatic heterocycles. The molecule has 1 aromatic carbocycles. The molecule has 3 heteroatoms. The molecule has 0 saturated carbocycles. The van der Waals surface area contributed by atoms with Gasteiger partial charge in [0, 0.05) is 24.3 Å². The molecule has 1 heterocycles. The third-order valence-electron chi connectivity index (χ3n) is 3.54. The average molecular weight is 344 g/mol. The molecule has 0 bridgehead atoms. The van der Waals surface area contributed by atoms with E-state index in [1.165, 1.54) is 0 Å². The number of aromatic nitrogens is 1. The second kappa shape index (κ2) is 10.5. The molecule has 0 unspecified atom stereocenters. The minimum atomic E-state index is 0.748. The molecule has 26 heavy (non-hydrogen) atoms. The van der Waals surface area contributed by atoms with Crippen LogP contribution in [0.2, 0.25) is 0 Å². The van der Waals surface area contributed by atoms with Crippen molar-refractivity contribution in [1.82, 2.24) is 4.98 Å². The van der Waals surface area contributed by atoms with E-state index in [9.17, 15) is 0 Å². The van der Waals surface area contributed by atoms with Crippen molar-refractivity contribution in [3.05, 3.63) is 109 Å². The number of hydrogen-bond acceptors (Lipinski definition) is 3. The molecule has 0 fully saturated rings. The maximum atomic E-state index is 5.81. The highest BCUT2D eigenvalue weighted by atomic mass is 16.5. The summed E-state index contributed by atoms with van der Waals surface area (Å²) < 4.78 is 5.81. The van der Waals surface area contributed by atoms with Crippen LogP contribution in [0.5, 0.6) is 5.75 Å². The van der Waals surface area contributed by atoms with Gasteiger partial charge < -0.3 is 10.1 Å². The summed E-state index contributed by atoms with van der Waals surface area (Å²) in [4.78, 5) is 4.05. The lowest BCUT2D eigenvalue weighted by molar-refractivity contribution is 0.444. The first-order valence-electron chi connectivity index (χ1n) is 8.50. The van der Waals surface area contributed by atoms with E-state index >= 15 is 0 Å². The number of benzene rings is 1. The van der Waals surface area contributed by atoms with Gasteiger partial charge in [0.1, 0.15) is 11.5 Å². The van der Waals surface area contributed by atoms with Crippen LogP contribution in [-0.2, 0) is 0 Å². The molecule has 0 radical (unpaired) electrons. The second-order valence-corrected chi connectivity index (χ2v) is 5.39. The summed E-state index contributed by atoms with van der Waals surface area (Å²) in [6.45, 7) is 7.67. The Bertz CT molecular complexity index is 813. The third kappa shape index (κ3) is 5.95. The third-order valence-corrected chi connectivity index (χ3v) is 3.54. The maximum Gasteiger partial charge on any atom is 0.127 e. The SMILES string of the molecule is C=C/C=C(\C=C/C)Oc1ccc(N/C=C\C(=C/C)c2ccncc2)cc1.